The van der Waals surface area contributed by atoms with Gasteiger partial charge in [0.25, 0.3) is 0 Å². The lowest BCUT2D eigenvalue weighted by Gasteiger charge is -2.08. The van der Waals surface area contributed by atoms with Crippen molar-refractivity contribution >= 4 is 18.3 Å². The van der Waals surface area contributed by atoms with Gasteiger partial charge in [0, 0.05) is 12.1 Å². The molecule has 0 heterocycles. The van der Waals surface area contributed by atoms with Gasteiger partial charge in [-0.15, -0.1) is 12.4 Å². The molecule has 0 aliphatic rings. The second kappa shape index (κ2) is 7.21. The van der Waals surface area contributed by atoms with Gasteiger partial charge in [0.15, 0.2) is 0 Å². The second-order valence-electron chi connectivity index (χ2n) is 3.59. The summed E-state index contributed by atoms with van der Waals surface area (Å²) in [6, 6.07) is 3.84. The van der Waals surface area contributed by atoms with Gasteiger partial charge in [-0.05, 0) is 18.6 Å². The van der Waals surface area contributed by atoms with Crippen molar-refractivity contribution < 1.29 is 14.3 Å². The maximum atomic E-state index is 13.2. The molecule has 96 valence electrons. The summed E-state index contributed by atoms with van der Waals surface area (Å²) in [4.78, 5) is 11.2. The van der Waals surface area contributed by atoms with Crippen molar-refractivity contribution in [3.8, 4) is 0 Å². The zero-order chi connectivity index (χ0) is 12.1. The van der Waals surface area contributed by atoms with E-state index in [1.54, 1.807) is 13.0 Å². The SMILES string of the molecule is C[C@H](N)C(=O)NCc1ccc(CO)c(F)c1.Cl. The summed E-state index contributed by atoms with van der Waals surface area (Å²) in [5.74, 6) is -0.762. The van der Waals surface area contributed by atoms with Crippen LogP contribution in [-0.4, -0.2) is 17.1 Å². The van der Waals surface area contributed by atoms with Crippen molar-refractivity contribution in [1.29, 1.82) is 0 Å². The van der Waals surface area contributed by atoms with Crippen LogP contribution in [-0.2, 0) is 17.9 Å². The van der Waals surface area contributed by atoms with Gasteiger partial charge in [0.05, 0.1) is 12.6 Å². The first-order valence-corrected chi connectivity index (χ1v) is 4.96. The van der Waals surface area contributed by atoms with Gasteiger partial charge in [-0.2, -0.15) is 0 Å². The van der Waals surface area contributed by atoms with Crippen LogP contribution in [0.1, 0.15) is 18.1 Å². The summed E-state index contributed by atoms with van der Waals surface area (Å²) in [5, 5.41) is 11.3. The predicted octanol–water partition coefficient (Wildman–Crippen LogP) is 0.703. The Morgan fingerprint density at radius 2 is 2.24 bits per heavy atom. The third kappa shape index (κ3) is 4.68. The molecule has 1 aromatic carbocycles. The van der Waals surface area contributed by atoms with Crippen LogP contribution >= 0.6 is 12.4 Å². The molecule has 17 heavy (non-hydrogen) atoms. The molecule has 1 aromatic rings. The van der Waals surface area contributed by atoms with E-state index in [0.29, 0.717) is 5.56 Å². The fourth-order valence-electron chi connectivity index (χ4n) is 1.18. The van der Waals surface area contributed by atoms with Crippen LogP contribution in [0, 0.1) is 5.82 Å². The highest BCUT2D eigenvalue weighted by molar-refractivity contribution is 5.85. The summed E-state index contributed by atoms with van der Waals surface area (Å²) >= 11 is 0. The number of rotatable bonds is 4. The molecule has 4 N–H and O–H groups in total. The number of halogens is 2. The smallest absolute Gasteiger partial charge is 0.236 e. The van der Waals surface area contributed by atoms with E-state index in [9.17, 15) is 9.18 Å². The van der Waals surface area contributed by atoms with E-state index in [4.69, 9.17) is 10.8 Å². The summed E-state index contributed by atoms with van der Waals surface area (Å²) in [6.45, 7) is 1.46. The Morgan fingerprint density at radius 3 is 2.71 bits per heavy atom. The molecule has 1 rings (SSSR count). The van der Waals surface area contributed by atoms with Crippen molar-refractivity contribution in [2.75, 3.05) is 0 Å². The van der Waals surface area contributed by atoms with E-state index in [-0.39, 0.29) is 37.0 Å². The minimum atomic E-state index is -0.582. The number of nitrogens with two attached hydrogens (primary N) is 1. The highest BCUT2D eigenvalue weighted by atomic mass is 35.5. The minimum Gasteiger partial charge on any atom is -0.392 e. The summed E-state index contributed by atoms with van der Waals surface area (Å²) in [6.07, 6.45) is 0. The molecule has 0 bridgehead atoms. The first-order valence-electron chi connectivity index (χ1n) is 4.96. The Labute approximate surface area is 105 Å². The number of hydrogen-bond donors (Lipinski definition) is 3. The van der Waals surface area contributed by atoms with E-state index < -0.39 is 11.9 Å². The van der Waals surface area contributed by atoms with Crippen LogP contribution < -0.4 is 11.1 Å². The molecule has 0 aliphatic carbocycles. The van der Waals surface area contributed by atoms with Crippen molar-refractivity contribution in [3.05, 3.63) is 35.1 Å². The first-order chi connectivity index (χ1) is 7.54. The highest BCUT2D eigenvalue weighted by Gasteiger charge is 2.07. The number of aliphatic hydroxyl groups is 1. The van der Waals surface area contributed by atoms with Crippen LogP contribution in [0.15, 0.2) is 18.2 Å². The average Bonchev–Trinajstić information content (AvgIpc) is 2.25. The molecule has 0 fully saturated rings. The molecule has 6 heteroatoms. The van der Waals surface area contributed by atoms with Crippen molar-refractivity contribution in [3.63, 3.8) is 0 Å². The predicted molar refractivity (Wildman–Crippen MR) is 65.1 cm³/mol. The van der Waals surface area contributed by atoms with Gasteiger partial charge in [-0.25, -0.2) is 4.39 Å². The van der Waals surface area contributed by atoms with Crippen molar-refractivity contribution in [2.45, 2.75) is 26.1 Å². The molecule has 0 aromatic heterocycles. The Hall–Kier alpha value is -1.17. The van der Waals surface area contributed by atoms with Gasteiger partial charge in [-0.1, -0.05) is 12.1 Å². The van der Waals surface area contributed by atoms with E-state index in [0.717, 1.165) is 0 Å². The van der Waals surface area contributed by atoms with Crippen molar-refractivity contribution in [2.24, 2.45) is 5.73 Å². The van der Waals surface area contributed by atoms with Gasteiger partial charge >= 0.3 is 0 Å². The van der Waals surface area contributed by atoms with Gasteiger partial charge in [0.1, 0.15) is 5.82 Å². The number of amides is 1. The Kier molecular flexibility index (Phi) is 6.72. The molecule has 0 radical (unpaired) electrons. The largest absolute Gasteiger partial charge is 0.392 e. The number of hydrogen-bond acceptors (Lipinski definition) is 3. The maximum absolute atomic E-state index is 13.2. The molecule has 0 spiro atoms. The molecule has 4 nitrogen and oxygen atoms in total. The molecular formula is C11H16ClFN2O2. The third-order valence-corrected chi connectivity index (χ3v) is 2.17. The maximum Gasteiger partial charge on any atom is 0.236 e. The van der Waals surface area contributed by atoms with E-state index in [2.05, 4.69) is 5.32 Å². The number of benzene rings is 1. The fraction of sp³-hybridized carbons (Fsp3) is 0.364. The van der Waals surface area contributed by atoms with Crippen LogP contribution in [0.3, 0.4) is 0 Å². The monoisotopic (exact) mass is 262 g/mol. The number of nitrogens with one attached hydrogen (secondary N) is 1. The van der Waals surface area contributed by atoms with Crippen LogP contribution in [0.5, 0.6) is 0 Å². The zero-order valence-electron chi connectivity index (χ0n) is 9.44. The van der Waals surface area contributed by atoms with Gasteiger partial charge in [0.2, 0.25) is 5.91 Å². The second-order valence-corrected chi connectivity index (χ2v) is 3.59. The first kappa shape index (κ1) is 15.8. The van der Waals surface area contributed by atoms with Crippen LogP contribution in [0.2, 0.25) is 0 Å². The highest BCUT2D eigenvalue weighted by Crippen LogP contribution is 2.10. The van der Waals surface area contributed by atoms with Crippen LogP contribution in [0.25, 0.3) is 0 Å². The average molecular weight is 263 g/mol. The van der Waals surface area contributed by atoms with Gasteiger partial charge in [-0.3, -0.25) is 4.79 Å². The molecule has 1 amide bonds. The Bertz CT molecular complexity index is 386. The zero-order valence-corrected chi connectivity index (χ0v) is 10.3. The molecule has 0 saturated heterocycles. The van der Waals surface area contributed by atoms with E-state index >= 15 is 0 Å². The Morgan fingerprint density at radius 1 is 1.59 bits per heavy atom. The number of carbonyl (C=O) groups is 1. The lowest BCUT2D eigenvalue weighted by molar-refractivity contribution is -0.122. The van der Waals surface area contributed by atoms with E-state index in [1.165, 1.54) is 12.1 Å². The van der Waals surface area contributed by atoms with Crippen molar-refractivity contribution in [1.82, 2.24) is 5.32 Å². The van der Waals surface area contributed by atoms with Crippen LogP contribution in [0.4, 0.5) is 4.39 Å². The topological polar surface area (TPSA) is 75.4 Å². The summed E-state index contributed by atoms with van der Waals surface area (Å²) in [5.41, 5.74) is 6.22. The lowest BCUT2D eigenvalue weighted by atomic mass is 10.1. The normalized spacial score (nSPS) is 11.5. The summed E-state index contributed by atoms with van der Waals surface area (Å²) in [7, 11) is 0. The fourth-order valence-corrected chi connectivity index (χ4v) is 1.18. The Balaban J connectivity index is 0.00000256. The molecule has 0 unspecified atom stereocenters. The number of aliphatic hydroxyl groups excluding tert-OH is 1. The van der Waals surface area contributed by atoms with E-state index in [1.807, 2.05) is 0 Å². The quantitative estimate of drug-likeness (QED) is 0.748. The minimum absolute atomic E-state index is 0. The standard InChI is InChI=1S/C11H15FN2O2.ClH/c1-7(13)11(16)14-5-8-2-3-9(6-15)10(12)4-8;/h2-4,7,15H,5-6,13H2,1H3,(H,14,16);1H/t7-;/m0./s1. The molecular weight excluding hydrogens is 247 g/mol. The molecule has 1 atom stereocenters. The lowest BCUT2D eigenvalue weighted by Crippen LogP contribution is -2.37. The molecule has 0 aliphatic heterocycles. The molecule has 0 saturated carbocycles. The summed E-state index contributed by atoms with van der Waals surface area (Å²) < 4.78 is 13.2. The van der Waals surface area contributed by atoms with Gasteiger partial charge < -0.3 is 16.2 Å². The number of carbonyl (C=O) groups excluding carboxylic acids is 1. The third-order valence-electron chi connectivity index (χ3n) is 2.17.